The monoisotopic (exact) mass is 447 g/mol. The van der Waals surface area contributed by atoms with Gasteiger partial charge >= 0.3 is 0 Å². The molecule has 3 atom stereocenters. The van der Waals surface area contributed by atoms with Crippen molar-refractivity contribution in [1.82, 2.24) is 16.1 Å². The van der Waals surface area contributed by atoms with Gasteiger partial charge in [-0.15, -0.1) is 0 Å². The lowest BCUT2D eigenvalue weighted by Crippen LogP contribution is -2.48. The van der Waals surface area contributed by atoms with Gasteiger partial charge in [0.1, 0.15) is 6.04 Å². The molecule has 0 aromatic heterocycles. The Morgan fingerprint density at radius 3 is 2.50 bits per heavy atom. The molecule has 1 aromatic carbocycles. The second kappa shape index (κ2) is 13.9. The van der Waals surface area contributed by atoms with Crippen LogP contribution in [-0.2, 0) is 30.4 Å². The van der Waals surface area contributed by atoms with Crippen LogP contribution >= 0.6 is 0 Å². The predicted molar refractivity (Wildman–Crippen MR) is 121 cm³/mol. The van der Waals surface area contributed by atoms with Crippen LogP contribution in [0.2, 0.25) is 0 Å². The average molecular weight is 448 g/mol. The summed E-state index contributed by atoms with van der Waals surface area (Å²) in [5.41, 5.74) is 3.52. The Morgan fingerprint density at radius 1 is 1.12 bits per heavy atom. The molecule has 1 saturated heterocycles. The summed E-state index contributed by atoms with van der Waals surface area (Å²) >= 11 is 0. The Morgan fingerprint density at radius 2 is 1.88 bits per heavy atom. The van der Waals surface area contributed by atoms with E-state index >= 15 is 0 Å². The standard InChI is InChI=1S/C24H37N3O5/c1-17(2)15-19(16-21(28)27-32-22-11-7-8-14-31-22)23(29)26-20(24(30)25-3)13-12-18-9-5-4-6-10-18/h4-6,9-10,17,19-20,22H,7-8,11-16H2,1-3H3,(H,25,30)(H,26,29)(H,27,28)/t19-,20+,22?/m1/s1. The molecule has 1 fully saturated rings. The molecule has 0 saturated carbocycles. The second-order valence-corrected chi connectivity index (χ2v) is 8.67. The van der Waals surface area contributed by atoms with Crippen LogP contribution in [0, 0.1) is 11.8 Å². The van der Waals surface area contributed by atoms with Gasteiger partial charge < -0.3 is 15.4 Å². The van der Waals surface area contributed by atoms with E-state index in [1.165, 1.54) is 0 Å². The molecule has 1 unspecified atom stereocenters. The highest BCUT2D eigenvalue weighted by molar-refractivity contribution is 5.90. The van der Waals surface area contributed by atoms with Crippen LogP contribution in [0.3, 0.4) is 0 Å². The zero-order valence-electron chi connectivity index (χ0n) is 19.4. The average Bonchev–Trinajstić information content (AvgIpc) is 2.80. The van der Waals surface area contributed by atoms with Gasteiger partial charge in [-0.1, -0.05) is 44.2 Å². The Kier molecular flexibility index (Phi) is 11.2. The molecule has 0 radical (unpaired) electrons. The van der Waals surface area contributed by atoms with Crippen molar-refractivity contribution >= 4 is 17.7 Å². The molecule has 0 spiro atoms. The van der Waals surface area contributed by atoms with Crippen LogP contribution in [0.1, 0.15) is 57.9 Å². The Hall–Kier alpha value is -2.45. The van der Waals surface area contributed by atoms with Gasteiger partial charge in [0.15, 0.2) is 6.29 Å². The van der Waals surface area contributed by atoms with Gasteiger partial charge in [-0.05, 0) is 43.6 Å². The fraction of sp³-hybridized carbons (Fsp3) is 0.625. The van der Waals surface area contributed by atoms with Crippen LogP contribution < -0.4 is 16.1 Å². The topological polar surface area (TPSA) is 106 Å². The Bertz CT molecular complexity index is 720. The summed E-state index contributed by atoms with van der Waals surface area (Å²) in [6, 6.07) is 9.14. The van der Waals surface area contributed by atoms with Crippen molar-refractivity contribution in [2.75, 3.05) is 13.7 Å². The fourth-order valence-electron chi connectivity index (χ4n) is 3.74. The van der Waals surface area contributed by atoms with Crippen LogP contribution in [0.15, 0.2) is 30.3 Å². The fourth-order valence-corrected chi connectivity index (χ4v) is 3.74. The van der Waals surface area contributed by atoms with Gasteiger partial charge in [-0.25, -0.2) is 10.3 Å². The van der Waals surface area contributed by atoms with Crippen LogP contribution in [-0.4, -0.2) is 43.7 Å². The van der Waals surface area contributed by atoms with Gasteiger partial charge in [0.25, 0.3) is 0 Å². The minimum atomic E-state index is -0.669. The first-order chi connectivity index (χ1) is 15.4. The van der Waals surface area contributed by atoms with E-state index in [-0.39, 0.29) is 30.1 Å². The number of hydroxylamine groups is 1. The molecule has 1 aliphatic heterocycles. The van der Waals surface area contributed by atoms with E-state index in [2.05, 4.69) is 16.1 Å². The number of hydrogen-bond acceptors (Lipinski definition) is 5. The van der Waals surface area contributed by atoms with Gasteiger partial charge in [-0.3, -0.25) is 14.4 Å². The zero-order chi connectivity index (χ0) is 23.3. The van der Waals surface area contributed by atoms with E-state index in [0.717, 1.165) is 24.8 Å². The van der Waals surface area contributed by atoms with E-state index in [0.29, 0.717) is 25.9 Å². The first-order valence-corrected chi connectivity index (χ1v) is 11.5. The Labute approximate surface area is 190 Å². The number of rotatable bonds is 12. The number of amides is 3. The molecule has 32 heavy (non-hydrogen) atoms. The first-order valence-electron chi connectivity index (χ1n) is 11.5. The molecule has 0 bridgehead atoms. The quantitative estimate of drug-likeness (QED) is 0.427. The Balaban J connectivity index is 1.93. The van der Waals surface area contributed by atoms with Crippen molar-refractivity contribution in [2.24, 2.45) is 11.8 Å². The van der Waals surface area contributed by atoms with Crippen LogP contribution in [0.5, 0.6) is 0 Å². The summed E-state index contributed by atoms with van der Waals surface area (Å²) in [5.74, 6) is -1.27. The van der Waals surface area contributed by atoms with Crippen molar-refractivity contribution in [2.45, 2.75) is 71.1 Å². The minimum Gasteiger partial charge on any atom is -0.357 e. The summed E-state index contributed by atoms with van der Waals surface area (Å²) in [7, 11) is 1.55. The molecule has 8 nitrogen and oxygen atoms in total. The van der Waals surface area contributed by atoms with E-state index in [1.807, 2.05) is 44.2 Å². The summed E-state index contributed by atoms with van der Waals surface area (Å²) < 4.78 is 5.44. The summed E-state index contributed by atoms with van der Waals surface area (Å²) in [4.78, 5) is 43.2. The third-order valence-corrected chi connectivity index (χ3v) is 5.44. The highest BCUT2D eigenvalue weighted by Crippen LogP contribution is 2.18. The highest BCUT2D eigenvalue weighted by Gasteiger charge is 2.28. The van der Waals surface area contributed by atoms with Crippen molar-refractivity contribution < 1.29 is 24.0 Å². The lowest BCUT2D eigenvalue weighted by molar-refractivity contribution is -0.200. The van der Waals surface area contributed by atoms with Gasteiger partial charge in [0.2, 0.25) is 17.7 Å². The lowest BCUT2D eigenvalue weighted by Gasteiger charge is -2.24. The zero-order valence-corrected chi connectivity index (χ0v) is 19.4. The number of nitrogens with one attached hydrogen (secondary N) is 3. The summed E-state index contributed by atoms with van der Waals surface area (Å²) in [5, 5.41) is 5.47. The van der Waals surface area contributed by atoms with Crippen molar-refractivity contribution in [3.63, 3.8) is 0 Å². The van der Waals surface area contributed by atoms with Crippen molar-refractivity contribution in [3.05, 3.63) is 35.9 Å². The van der Waals surface area contributed by atoms with Crippen LogP contribution in [0.4, 0.5) is 0 Å². The third-order valence-electron chi connectivity index (χ3n) is 5.44. The third kappa shape index (κ3) is 9.36. The molecule has 3 amide bonds. The number of likely N-dealkylation sites (N-methyl/N-ethyl adjacent to an activating group) is 1. The maximum atomic E-state index is 13.0. The molecule has 1 heterocycles. The van der Waals surface area contributed by atoms with Crippen molar-refractivity contribution in [3.8, 4) is 0 Å². The normalized spacial score (nSPS) is 17.9. The first kappa shape index (κ1) is 25.8. The van der Waals surface area contributed by atoms with Gasteiger partial charge in [0.05, 0.1) is 0 Å². The van der Waals surface area contributed by atoms with Gasteiger partial charge in [0, 0.05) is 32.4 Å². The number of hydrogen-bond donors (Lipinski definition) is 3. The maximum Gasteiger partial charge on any atom is 0.244 e. The molecule has 1 aliphatic rings. The summed E-state index contributed by atoms with van der Waals surface area (Å²) in [6.45, 7) is 4.61. The smallest absolute Gasteiger partial charge is 0.244 e. The molecule has 2 rings (SSSR count). The molecule has 3 N–H and O–H groups in total. The SMILES string of the molecule is CNC(=O)[C@H](CCc1ccccc1)NC(=O)[C@@H](CC(=O)NOC1CCCCO1)CC(C)C. The summed E-state index contributed by atoms with van der Waals surface area (Å²) in [6.07, 6.45) is 3.90. The molecule has 1 aromatic rings. The number of aryl methyl sites for hydroxylation is 1. The number of carbonyl (C=O) groups is 3. The lowest BCUT2D eigenvalue weighted by atomic mass is 9.92. The molecular formula is C24H37N3O5. The van der Waals surface area contributed by atoms with Crippen LogP contribution in [0.25, 0.3) is 0 Å². The molecular weight excluding hydrogens is 410 g/mol. The van der Waals surface area contributed by atoms with Gasteiger partial charge in [-0.2, -0.15) is 0 Å². The largest absolute Gasteiger partial charge is 0.357 e. The van der Waals surface area contributed by atoms with E-state index < -0.39 is 18.2 Å². The minimum absolute atomic E-state index is 0.0180. The van der Waals surface area contributed by atoms with E-state index in [4.69, 9.17) is 9.57 Å². The van der Waals surface area contributed by atoms with E-state index in [9.17, 15) is 14.4 Å². The molecule has 8 heteroatoms. The van der Waals surface area contributed by atoms with E-state index in [1.54, 1.807) is 7.05 Å². The molecule has 0 aliphatic carbocycles. The number of carbonyl (C=O) groups excluding carboxylic acids is 3. The predicted octanol–water partition coefficient (Wildman–Crippen LogP) is 2.48. The number of benzene rings is 1. The molecule has 178 valence electrons. The number of ether oxygens (including phenoxy) is 1. The maximum absolute atomic E-state index is 13.0. The van der Waals surface area contributed by atoms with Crippen molar-refractivity contribution in [1.29, 1.82) is 0 Å². The second-order valence-electron chi connectivity index (χ2n) is 8.67. The highest BCUT2D eigenvalue weighted by atomic mass is 16.8.